The number of ether oxygens (including phenoxy) is 1. The second-order valence-electron chi connectivity index (χ2n) is 4.38. The molecule has 100 valence electrons. The predicted molar refractivity (Wildman–Crippen MR) is 68.4 cm³/mol. The summed E-state index contributed by atoms with van der Waals surface area (Å²) in [5.74, 6) is -1.11. The summed E-state index contributed by atoms with van der Waals surface area (Å²) in [5.41, 5.74) is -3.35. The number of alkyl carbamates (subject to hydrolysis) is 1. The van der Waals surface area contributed by atoms with Gasteiger partial charge in [0.2, 0.25) is 0 Å². The van der Waals surface area contributed by atoms with Crippen molar-refractivity contribution in [3.8, 4) is 0 Å². The second kappa shape index (κ2) is 7.42. The van der Waals surface area contributed by atoms with Crippen LogP contribution in [0.3, 0.4) is 0 Å². The van der Waals surface area contributed by atoms with E-state index in [1.807, 2.05) is 5.32 Å². The highest BCUT2D eigenvalue weighted by atomic mass is 32.2. The van der Waals surface area contributed by atoms with Gasteiger partial charge in [0.25, 0.3) is 0 Å². The van der Waals surface area contributed by atoms with Crippen molar-refractivity contribution in [1.29, 1.82) is 0 Å². The zero-order valence-electron chi connectivity index (χ0n) is 14.4. The molecule has 0 rings (SSSR count). The van der Waals surface area contributed by atoms with Crippen LogP contribution >= 0.6 is 11.8 Å². The van der Waals surface area contributed by atoms with Crippen LogP contribution in [-0.2, 0) is 9.53 Å². The third-order valence-electron chi connectivity index (χ3n) is 1.34. The first-order valence-corrected chi connectivity index (χ1v) is 5.95. The minimum atomic E-state index is -2.72. The summed E-state index contributed by atoms with van der Waals surface area (Å²) in [7, 11) is 0. The van der Waals surface area contributed by atoms with Gasteiger partial charge in [-0.15, -0.1) is 0 Å². The fourth-order valence-corrected chi connectivity index (χ4v) is 1.33. The Morgan fingerprint density at radius 1 is 1.53 bits per heavy atom. The Balaban J connectivity index is 4.78. The fraction of sp³-hybridized carbons (Fsp3) is 0.818. The maximum Gasteiger partial charge on any atom is 0.407 e. The monoisotopic (exact) mass is 267 g/mol. The van der Waals surface area contributed by atoms with E-state index in [0.717, 1.165) is 0 Å². The lowest BCUT2D eigenvalue weighted by Crippen LogP contribution is -2.33. The van der Waals surface area contributed by atoms with Gasteiger partial charge in [-0.3, -0.25) is 4.79 Å². The van der Waals surface area contributed by atoms with Crippen LogP contribution in [0.1, 0.15) is 39.6 Å². The van der Waals surface area contributed by atoms with E-state index in [4.69, 9.17) is 15.3 Å². The average Bonchev–Trinajstić information content (AvgIpc) is 2.08. The number of thioether (sulfide) groups is 1. The largest absolute Gasteiger partial charge is 0.481 e. The molecule has 2 N–H and O–H groups in total. The van der Waals surface area contributed by atoms with Crippen molar-refractivity contribution in [1.82, 2.24) is 5.32 Å². The third-order valence-corrected chi connectivity index (χ3v) is 2.13. The third kappa shape index (κ3) is 11.4. The lowest BCUT2D eigenvalue weighted by molar-refractivity contribution is -0.136. The van der Waals surface area contributed by atoms with Crippen LogP contribution in [0.2, 0.25) is 0 Å². The molecule has 6 heteroatoms. The zero-order chi connectivity index (χ0) is 17.1. The number of aliphatic carboxylic acids is 1. The number of hydrogen-bond donors (Lipinski definition) is 2. The predicted octanol–water partition coefficient (Wildman–Crippen LogP) is 2.11. The summed E-state index contributed by atoms with van der Waals surface area (Å²) in [4.78, 5) is 22.1. The molecule has 0 aliphatic carbocycles. The first-order chi connectivity index (χ1) is 9.16. The van der Waals surface area contributed by atoms with Crippen molar-refractivity contribution in [2.45, 2.75) is 45.0 Å². The Kier molecular flexibility index (Phi) is 4.39. The van der Waals surface area contributed by atoms with Crippen LogP contribution in [0.5, 0.6) is 0 Å². The molecule has 0 aromatic carbocycles. The minimum Gasteiger partial charge on any atom is -0.481 e. The number of nitrogens with one attached hydrogen (secondary N) is 1. The summed E-state index contributed by atoms with van der Waals surface area (Å²) < 4.78 is 35.6. The highest BCUT2D eigenvalue weighted by Crippen LogP contribution is 2.13. The SMILES string of the molecule is [2H]C([2H])(NC(=O)OC(C)(C)C)C([2H])([2H])SC(C)CC(=O)O. The number of carboxylic acid groups (broad SMARTS) is 1. The van der Waals surface area contributed by atoms with Gasteiger partial charge in [-0.25, -0.2) is 4.79 Å². The quantitative estimate of drug-likeness (QED) is 0.771. The molecule has 1 amide bonds. The molecular weight excluding hydrogens is 242 g/mol. The molecule has 0 fully saturated rings. The maximum atomic E-state index is 11.5. The maximum absolute atomic E-state index is 11.5. The first-order valence-electron chi connectivity index (χ1n) is 7.07. The number of carboxylic acids is 1. The molecule has 0 saturated carbocycles. The van der Waals surface area contributed by atoms with Crippen molar-refractivity contribution >= 4 is 23.8 Å². The molecule has 17 heavy (non-hydrogen) atoms. The topological polar surface area (TPSA) is 75.6 Å². The van der Waals surface area contributed by atoms with E-state index >= 15 is 0 Å². The molecule has 0 spiro atoms. The Hall–Kier alpha value is -0.910. The number of hydrogen-bond acceptors (Lipinski definition) is 4. The van der Waals surface area contributed by atoms with E-state index in [0.29, 0.717) is 11.8 Å². The minimum absolute atomic E-state index is 0.313. The van der Waals surface area contributed by atoms with Crippen LogP contribution in [0.15, 0.2) is 0 Å². The van der Waals surface area contributed by atoms with Gasteiger partial charge in [0.15, 0.2) is 0 Å². The van der Waals surface area contributed by atoms with Gasteiger partial charge in [0, 0.05) is 20.2 Å². The molecule has 0 aromatic heterocycles. The molecule has 1 atom stereocenters. The van der Waals surface area contributed by atoms with Crippen LogP contribution in [0.25, 0.3) is 0 Å². The Morgan fingerprint density at radius 2 is 2.12 bits per heavy atom. The normalized spacial score (nSPS) is 18.1. The van der Waals surface area contributed by atoms with Gasteiger partial charge in [-0.2, -0.15) is 11.8 Å². The Morgan fingerprint density at radius 3 is 2.59 bits per heavy atom. The van der Waals surface area contributed by atoms with Crippen molar-refractivity contribution in [2.24, 2.45) is 0 Å². The van der Waals surface area contributed by atoms with Crippen LogP contribution in [0, 0.1) is 0 Å². The van der Waals surface area contributed by atoms with E-state index in [-0.39, 0.29) is 6.42 Å². The van der Waals surface area contributed by atoms with Gasteiger partial charge in [0.05, 0.1) is 9.16 Å². The number of carbonyl (C=O) groups excluding carboxylic acids is 1. The molecule has 0 saturated heterocycles. The highest BCUT2D eigenvalue weighted by Gasteiger charge is 2.15. The summed E-state index contributed by atoms with van der Waals surface area (Å²) in [5, 5.41) is 9.82. The van der Waals surface area contributed by atoms with Crippen LogP contribution in [-0.4, -0.2) is 40.2 Å². The summed E-state index contributed by atoms with van der Waals surface area (Å²) in [6.45, 7) is 3.55. The molecule has 0 radical (unpaired) electrons. The lowest BCUT2D eigenvalue weighted by atomic mass is 10.2. The van der Waals surface area contributed by atoms with Crippen LogP contribution < -0.4 is 5.32 Å². The standard InChI is InChI=1S/C11H21NO4S/c1-8(7-9(13)14)17-6-5-12-10(15)16-11(2,3)4/h8H,5-7H2,1-4H3,(H,12,15)(H,13,14)/i5D2,6D2. The van der Waals surface area contributed by atoms with Crippen molar-refractivity contribution in [2.75, 3.05) is 12.2 Å². The van der Waals surface area contributed by atoms with E-state index in [9.17, 15) is 9.59 Å². The van der Waals surface area contributed by atoms with E-state index < -0.39 is 35.1 Å². The zero-order valence-corrected chi connectivity index (χ0v) is 11.2. The summed E-state index contributed by atoms with van der Waals surface area (Å²) in [6, 6.07) is 0. The Bertz CT molecular complexity index is 398. The van der Waals surface area contributed by atoms with Gasteiger partial charge in [-0.1, -0.05) is 6.92 Å². The number of carbonyl (C=O) groups is 2. The van der Waals surface area contributed by atoms with Crippen molar-refractivity contribution in [3.05, 3.63) is 0 Å². The molecular formula is C11H21NO4S. The van der Waals surface area contributed by atoms with Gasteiger partial charge in [0.1, 0.15) is 5.60 Å². The Labute approximate surface area is 112 Å². The lowest BCUT2D eigenvalue weighted by Gasteiger charge is -2.19. The number of amides is 1. The van der Waals surface area contributed by atoms with E-state index in [1.165, 1.54) is 6.92 Å². The highest BCUT2D eigenvalue weighted by molar-refractivity contribution is 7.99. The fourth-order valence-electron chi connectivity index (χ4n) is 0.798. The average molecular weight is 267 g/mol. The molecule has 5 nitrogen and oxygen atoms in total. The van der Waals surface area contributed by atoms with Gasteiger partial charge in [-0.05, 0) is 20.8 Å². The molecule has 0 aliphatic rings. The number of rotatable bonds is 6. The summed E-state index contributed by atoms with van der Waals surface area (Å²) in [6.07, 6.45) is -1.39. The molecule has 0 aromatic rings. The molecule has 0 heterocycles. The van der Waals surface area contributed by atoms with E-state index in [2.05, 4.69) is 0 Å². The van der Waals surface area contributed by atoms with Gasteiger partial charge >= 0.3 is 12.1 Å². The first kappa shape index (κ1) is 10.1. The van der Waals surface area contributed by atoms with Gasteiger partial charge < -0.3 is 15.2 Å². The van der Waals surface area contributed by atoms with Crippen molar-refractivity contribution < 1.29 is 24.9 Å². The van der Waals surface area contributed by atoms with Crippen molar-refractivity contribution in [3.63, 3.8) is 0 Å². The molecule has 0 aliphatic heterocycles. The smallest absolute Gasteiger partial charge is 0.407 e. The summed E-state index contributed by atoms with van der Waals surface area (Å²) >= 11 is 0.504. The molecule has 1 unspecified atom stereocenters. The van der Waals surface area contributed by atoms with E-state index in [1.54, 1.807) is 20.8 Å². The molecule has 0 bridgehead atoms. The van der Waals surface area contributed by atoms with Crippen LogP contribution in [0.4, 0.5) is 4.79 Å². The second-order valence-corrected chi connectivity index (χ2v) is 5.62.